The molecule has 0 spiro atoms. The van der Waals surface area contributed by atoms with E-state index < -0.39 is 6.10 Å². The van der Waals surface area contributed by atoms with E-state index in [1.807, 2.05) is 24.3 Å². The fourth-order valence-corrected chi connectivity index (χ4v) is 3.54. The van der Waals surface area contributed by atoms with Crippen LogP contribution in [-0.4, -0.2) is 61.0 Å². The summed E-state index contributed by atoms with van der Waals surface area (Å²) >= 11 is 0. The molecule has 3 rings (SSSR count). The number of aliphatic hydroxyl groups excluding tert-OH is 1. The lowest BCUT2D eigenvalue weighted by Crippen LogP contribution is -2.49. The predicted molar refractivity (Wildman–Crippen MR) is 103 cm³/mol. The summed E-state index contributed by atoms with van der Waals surface area (Å²) in [7, 11) is 3.15. The molecular formula is C21H26N2O5. The first kappa shape index (κ1) is 20.1. The van der Waals surface area contributed by atoms with Crippen LogP contribution in [-0.2, 0) is 16.0 Å². The van der Waals surface area contributed by atoms with E-state index in [2.05, 4.69) is 4.98 Å². The van der Waals surface area contributed by atoms with E-state index in [0.29, 0.717) is 37.5 Å². The molecule has 1 aromatic heterocycles. The number of benzene rings is 1. The van der Waals surface area contributed by atoms with Gasteiger partial charge in [0.25, 0.3) is 0 Å². The summed E-state index contributed by atoms with van der Waals surface area (Å²) in [6, 6.07) is 8.96. The molecule has 7 nitrogen and oxygen atoms in total. The van der Waals surface area contributed by atoms with Crippen molar-refractivity contribution in [2.45, 2.75) is 25.0 Å². The molecule has 0 saturated carbocycles. The van der Waals surface area contributed by atoms with Gasteiger partial charge in [0.05, 0.1) is 33.5 Å². The summed E-state index contributed by atoms with van der Waals surface area (Å²) in [5.74, 6) is 1.21. The van der Waals surface area contributed by atoms with Crippen molar-refractivity contribution in [2.75, 3.05) is 34.0 Å². The summed E-state index contributed by atoms with van der Waals surface area (Å²) in [4.78, 5) is 18.8. The van der Waals surface area contributed by atoms with Gasteiger partial charge in [-0.2, -0.15) is 0 Å². The number of carbonyl (C=O) groups excluding carboxylic acids is 1. The average Bonchev–Trinajstić information content (AvgIpc) is 2.77. The van der Waals surface area contributed by atoms with Gasteiger partial charge in [0.2, 0.25) is 5.91 Å². The van der Waals surface area contributed by atoms with Gasteiger partial charge >= 0.3 is 0 Å². The largest absolute Gasteiger partial charge is 0.493 e. The van der Waals surface area contributed by atoms with Crippen molar-refractivity contribution < 1.29 is 24.1 Å². The molecule has 28 heavy (non-hydrogen) atoms. The highest BCUT2D eigenvalue weighted by Crippen LogP contribution is 2.36. The minimum Gasteiger partial charge on any atom is -0.493 e. The van der Waals surface area contributed by atoms with E-state index >= 15 is 0 Å². The van der Waals surface area contributed by atoms with Crippen LogP contribution in [0.5, 0.6) is 11.5 Å². The highest BCUT2D eigenvalue weighted by atomic mass is 16.5. The van der Waals surface area contributed by atoms with Gasteiger partial charge < -0.3 is 24.2 Å². The van der Waals surface area contributed by atoms with Crippen molar-refractivity contribution in [3.8, 4) is 11.5 Å². The molecule has 2 aromatic rings. The third-order valence-corrected chi connectivity index (χ3v) is 4.98. The van der Waals surface area contributed by atoms with Gasteiger partial charge in [0, 0.05) is 25.4 Å². The number of hydrogen-bond acceptors (Lipinski definition) is 6. The zero-order chi connectivity index (χ0) is 19.9. The Morgan fingerprint density at radius 3 is 2.64 bits per heavy atom. The van der Waals surface area contributed by atoms with Crippen LogP contribution in [0.3, 0.4) is 0 Å². The van der Waals surface area contributed by atoms with Crippen LogP contribution in [0.4, 0.5) is 0 Å². The quantitative estimate of drug-likeness (QED) is 0.784. The summed E-state index contributed by atoms with van der Waals surface area (Å²) in [6.45, 7) is 0.702. The molecule has 1 aliphatic rings. The van der Waals surface area contributed by atoms with Crippen molar-refractivity contribution >= 4 is 5.91 Å². The van der Waals surface area contributed by atoms with E-state index in [-0.39, 0.29) is 18.6 Å². The monoisotopic (exact) mass is 386 g/mol. The first-order chi connectivity index (χ1) is 13.7. The summed E-state index contributed by atoms with van der Waals surface area (Å²) < 4.78 is 16.4. The summed E-state index contributed by atoms with van der Waals surface area (Å²) in [6.07, 6.45) is 3.98. The lowest BCUT2D eigenvalue weighted by Gasteiger charge is -2.41. The number of amides is 1. The Balaban J connectivity index is 1.83. The number of morpholine rings is 1. The second-order valence-corrected chi connectivity index (χ2v) is 6.59. The van der Waals surface area contributed by atoms with Crippen molar-refractivity contribution in [2.24, 2.45) is 0 Å². The first-order valence-corrected chi connectivity index (χ1v) is 9.30. The highest BCUT2D eigenvalue weighted by Gasteiger charge is 2.36. The third-order valence-electron chi connectivity index (χ3n) is 4.98. The molecule has 1 saturated heterocycles. The Bertz CT molecular complexity index is 784. The van der Waals surface area contributed by atoms with Gasteiger partial charge in [0.15, 0.2) is 11.5 Å². The number of hydrogen-bond donors (Lipinski definition) is 1. The Morgan fingerprint density at radius 2 is 1.96 bits per heavy atom. The molecule has 1 aliphatic heterocycles. The molecule has 2 unspecified atom stereocenters. The van der Waals surface area contributed by atoms with Crippen molar-refractivity contribution in [3.63, 3.8) is 0 Å². The Kier molecular flexibility index (Phi) is 6.84. The smallest absolute Gasteiger partial charge is 0.223 e. The molecule has 1 aromatic carbocycles. The van der Waals surface area contributed by atoms with Crippen molar-refractivity contribution in [1.82, 2.24) is 9.88 Å². The van der Waals surface area contributed by atoms with E-state index in [1.165, 1.54) is 0 Å². The second kappa shape index (κ2) is 9.52. The minimum absolute atomic E-state index is 0.0262. The zero-order valence-corrected chi connectivity index (χ0v) is 16.2. The van der Waals surface area contributed by atoms with Crippen LogP contribution in [0.2, 0.25) is 0 Å². The first-order valence-electron chi connectivity index (χ1n) is 9.30. The van der Waals surface area contributed by atoms with Crippen LogP contribution in [0, 0.1) is 0 Å². The van der Waals surface area contributed by atoms with Crippen LogP contribution in [0.15, 0.2) is 42.7 Å². The van der Waals surface area contributed by atoms with Crippen LogP contribution in [0.25, 0.3) is 0 Å². The number of aromatic nitrogens is 1. The number of ether oxygens (including phenoxy) is 3. The summed E-state index contributed by atoms with van der Waals surface area (Å²) in [5, 5.41) is 9.83. The molecule has 1 amide bonds. The van der Waals surface area contributed by atoms with E-state index in [4.69, 9.17) is 14.2 Å². The average molecular weight is 386 g/mol. The van der Waals surface area contributed by atoms with E-state index in [0.717, 1.165) is 11.1 Å². The van der Waals surface area contributed by atoms with Gasteiger partial charge in [-0.15, -0.1) is 0 Å². The third kappa shape index (κ3) is 4.43. The van der Waals surface area contributed by atoms with E-state index in [9.17, 15) is 9.90 Å². The molecule has 0 aliphatic carbocycles. The van der Waals surface area contributed by atoms with Crippen LogP contribution in [0.1, 0.15) is 23.6 Å². The maximum absolute atomic E-state index is 13.0. The SMILES string of the molecule is COc1ccc(C2C(CO)OCCN2C(=O)CCc2ccncc2)cc1OC. The lowest BCUT2D eigenvalue weighted by atomic mass is 9.97. The lowest BCUT2D eigenvalue weighted by molar-refractivity contribution is -0.149. The number of nitrogens with zero attached hydrogens (tertiary/aromatic N) is 2. The number of aliphatic hydroxyl groups is 1. The Labute approximate surface area is 164 Å². The summed E-state index contributed by atoms with van der Waals surface area (Å²) in [5.41, 5.74) is 1.91. The zero-order valence-electron chi connectivity index (χ0n) is 16.2. The predicted octanol–water partition coefficient (Wildman–Crippen LogP) is 1.99. The molecule has 7 heteroatoms. The molecular weight excluding hydrogens is 360 g/mol. The van der Waals surface area contributed by atoms with E-state index in [1.54, 1.807) is 37.6 Å². The van der Waals surface area contributed by atoms with Crippen LogP contribution < -0.4 is 9.47 Å². The standard InChI is InChI=1S/C21H26N2O5/c1-26-17-5-4-16(13-18(17)27-2)21-19(14-24)28-12-11-23(21)20(25)6-3-15-7-9-22-10-8-15/h4-5,7-10,13,19,21,24H,3,6,11-12,14H2,1-2H3. The fraction of sp³-hybridized carbons (Fsp3) is 0.429. The molecule has 0 radical (unpaired) electrons. The number of pyridine rings is 1. The molecule has 150 valence electrons. The van der Waals surface area contributed by atoms with Gasteiger partial charge in [-0.05, 0) is 41.8 Å². The fourth-order valence-electron chi connectivity index (χ4n) is 3.54. The number of rotatable bonds is 7. The molecule has 2 atom stereocenters. The van der Waals surface area contributed by atoms with Crippen LogP contribution >= 0.6 is 0 Å². The molecule has 2 heterocycles. The van der Waals surface area contributed by atoms with Gasteiger partial charge in [-0.25, -0.2) is 0 Å². The molecule has 1 N–H and O–H groups in total. The number of methoxy groups -OCH3 is 2. The van der Waals surface area contributed by atoms with Gasteiger partial charge in [-0.1, -0.05) is 6.07 Å². The van der Waals surface area contributed by atoms with Gasteiger partial charge in [0.1, 0.15) is 6.10 Å². The maximum atomic E-state index is 13.0. The Morgan fingerprint density at radius 1 is 1.21 bits per heavy atom. The number of carbonyl (C=O) groups is 1. The second-order valence-electron chi connectivity index (χ2n) is 6.59. The van der Waals surface area contributed by atoms with Gasteiger partial charge in [-0.3, -0.25) is 9.78 Å². The molecule has 1 fully saturated rings. The Hall–Kier alpha value is -2.64. The normalized spacial score (nSPS) is 19.3. The highest BCUT2D eigenvalue weighted by molar-refractivity contribution is 5.77. The van der Waals surface area contributed by atoms with Crippen molar-refractivity contribution in [3.05, 3.63) is 53.9 Å². The maximum Gasteiger partial charge on any atom is 0.223 e. The number of aryl methyl sites for hydroxylation is 1. The molecule has 0 bridgehead atoms. The topological polar surface area (TPSA) is 81.1 Å². The van der Waals surface area contributed by atoms with Crippen molar-refractivity contribution in [1.29, 1.82) is 0 Å². The minimum atomic E-state index is -0.489.